The van der Waals surface area contributed by atoms with E-state index in [1.807, 2.05) is 60.9 Å². The maximum absolute atomic E-state index is 4.74. The Morgan fingerprint density at radius 3 is 1.43 bits per heavy atom. The molecule has 47 heavy (non-hydrogen) atoms. The third-order valence-corrected chi connectivity index (χ3v) is 13.1. The van der Waals surface area contributed by atoms with Crippen molar-refractivity contribution in [3.8, 4) is 23.0 Å². The fourth-order valence-electron chi connectivity index (χ4n) is 9.48. The maximum atomic E-state index is 4.74. The molecule has 10 rings (SSSR count). The molecule has 0 radical (unpaired) electrons. The molecule has 2 fully saturated rings. The van der Waals surface area contributed by atoms with Gasteiger partial charge in [-0.3, -0.25) is 0 Å². The zero-order chi connectivity index (χ0) is 31.6. The monoisotopic (exact) mass is 801 g/mol. The number of benzene rings is 2. The molecule has 2 aromatic carbocycles. The first-order valence-corrected chi connectivity index (χ1v) is 16.6. The van der Waals surface area contributed by atoms with Crippen LogP contribution in [-0.4, -0.2) is 30.1 Å². The van der Waals surface area contributed by atoms with Gasteiger partial charge in [-0.1, -0.05) is 89.3 Å². The normalized spacial score (nSPS) is 26.9. The molecule has 4 bridgehead atoms. The van der Waals surface area contributed by atoms with Gasteiger partial charge in [0.05, 0.1) is 11.0 Å². The first kappa shape index (κ1) is 30.6. The van der Waals surface area contributed by atoms with E-state index in [2.05, 4.69) is 71.9 Å². The second-order valence-electron chi connectivity index (χ2n) is 15.4. The largest absolute Gasteiger partial charge is 2.00 e. The second-order valence-corrected chi connectivity index (χ2v) is 15.4. The Kier molecular flexibility index (Phi) is 6.58. The third-order valence-electron chi connectivity index (χ3n) is 13.1. The van der Waals surface area contributed by atoms with Gasteiger partial charge in [-0.05, 0) is 71.6 Å². The van der Waals surface area contributed by atoms with E-state index in [0.717, 1.165) is 33.2 Å². The van der Waals surface area contributed by atoms with Crippen LogP contribution in [0.15, 0.2) is 60.9 Å². The van der Waals surface area contributed by atoms with Crippen LogP contribution in [0.25, 0.3) is 44.8 Å². The summed E-state index contributed by atoms with van der Waals surface area (Å²) in [5.41, 5.74) is 9.43. The van der Waals surface area contributed by atoms with Crippen LogP contribution in [0.1, 0.15) is 102 Å². The van der Waals surface area contributed by atoms with Crippen LogP contribution >= 0.6 is 0 Å². The number of hydrogen-bond acceptors (Lipinski definition) is 6. The van der Waals surface area contributed by atoms with Crippen molar-refractivity contribution in [1.29, 1.82) is 0 Å². The molecular formula is C38H38N8Pt. The van der Waals surface area contributed by atoms with E-state index < -0.39 is 0 Å². The van der Waals surface area contributed by atoms with Crippen molar-refractivity contribution < 1.29 is 21.1 Å². The molecule has 2 saturated carbocycles. The summed E-state index contributed by atoms with van der Waals surface area (Å²) in [7, 11) is 0. The summed E-state index contributed by atoms with van der Waals surface area (Å²) < 4.78 is 0. The summed E-state index contributed by atoms with van der Waals surface area (Å²) in [5, 5.41) is 20.2. The van der Waals surface area contributed by atoms with Crippen LogP contribution in [0.2, 0.25) is 0 Å². The predicted octanol–water partition coefficient (Wildman–Crippen LogP) is 7.65. The summed E-state index contributed by atoms with van der Waals surface area (Å²) >= 11 is 0. The second kappa shape index (κ2) is 10.1. The third kappa shape index (κ3) is 3.91. The zero-order valence-corrected chi connectivity index (χ0v) is 29.9. The van der Waals surface area contributed by atoms with Crippen molar-refractivity contribution in [2.24, 2.45) is 10.8 Å². The average molecular weight is 802 g/mol. The van der Waals surface area contributed by atoms with Crippen molar-refractivity contribution in [3.63, 3.8) is 0 Å². The van der Waals surface area contributed by atoms with Crippen LogP contribution in [0, 0.1) is 10.8 Å². The van der Waals surface area contributed by atoms with Crippen molar-refractivity contribution >= 4 is 21.8 Å². The summed E-state index contributed by atoms with van der Waals surface area (Å²) in [6, 6.07) is 16.1. The number of hydrogen-bond donors (Lipinski definition) is 0. The Morgan fingerprint density at radius 2 is 1.00 bits per heavy atom. The van der Waals surface area contributed by atoms with Crippen LogP contribution in [0.5, 0.6) is 0 Å². The minimum Gasteiger partial charge on any atom is -0.572 e. The van der Waals surface area contributed by atoms with E-state index in [9.17, 15) is 0 Å². The Labute approximate surface area is 289 Å². The van der Waals surface area contributed by atoms with E-state index in [0.29, 0.717) is 23.5 Å². The smallest absolute Gasteiger partial charge is 0.572 e. The van der Waals surface area contributed by atoms with Gasteiger partial charge in [0.2, 0.25) is 0 Å². The first-order chi connectivity index (χ1) is 22.0. The van der Waals surface area contributed by atoms with E-state index in [1.165, 1.54) is 48.2 Å². The first-order valence-electron chi connectivity index (χ1n) is 16.6. The minimum absolute atomic E-state index is 0. The quantitative estimate of drug-likeness (QED) is 0.176. The Bertz CT molecular complexity index is 2040. The van der Waals surface area contributed by atoms with Crippen molar-refractivity contribution in [1.82, 2.24) is 40.3 Å². The number of nitrogens with zero attached hydrogens (tertiary/aromatic N) is 8. The summed E-state index contributed by atoms with van der Waals surface area (Å²) in [6.45, 7) is 14.2. The average Bonchev–Trinajstić information content (AvgIpc) is 3.85. The van der Waals surface area contributed by atoms with Crippen molar-refractivity contribution in [2.45, 2.75) is 89.9 Å². The molecule has 4 aliphatic carbocycles. The number of fused-ring (bicyclic) bond motifs is 12. The summed E-state index contributed by atoms with van der Waals surface area (Å²) in [6.07, 6.45) is 8.61. The molecule has 4 aliphatic rings. The van der Waals surface area contributed by atoms with E-state index in [1.54, 1.807) is 0 Å². The summed E-state index contributed by atoms with van der Waals surface area (Å²) in [5.74, 6) is 2.46. The van der Waals surface area contributed by atoms with Crippen molar-refractivity contribution in [2.75, 3.05) is 0 Å². The van der Waals surface area contributed by atoms with Gasteiger partial charge in [0, 0.05) is 45.4 Å². The van der Waals surface area contributed by atoms with Gasteiger partial charge in [-0.2, -0.15) is 0 Å². The van der Waals surface area contributed by atoms with Crippen LogP contribution in [0.3, 0.4) is 0 Å². The molecule has 9 heteroatoms. The molecule has 4 heterocycles. The molecule has 0 amide bonds. The number of para-hydroxylation sites is 2. The number of rotatable bonds is 2. The molecule has 8 nitrogen and oxygen atoms in total. The molecule has 0 saturated heterocycles. The summed E-state index contributed by atoms with van der Waals surface area (Å²) in [4.78, 5) is 18.6. The van der Waals surface area contributed by atoms with Gasteiger partial charge >= 0.3 is 21.1 Å². The molecule has 4 aromatic heterocycles. The minimum atomic E-state index is 0. The van der Waals surface area contributed by atoms with Crippen LogP contribution < -0.4 is 10.2 Å². The molecular weight excluding hydrogens is 764 g/mol. The van der Waals surface area contributed by atoms with E-state index >= 15 is 0 Å². The van der Waals surface area contributed by atoms with Crippen LogP contribution in [-0.2, 0) is 31.9 Å². The molecule has 4 unspecified atom stereocenters. The van der Waals surface area contributed by atoms with Crippen molar-refractivity contribution in [3.05, 3.63) is 83.4 Å². The predicted molar refractivity (Wildman–Crippen MR) is 178 cm³/mol. The van der Waals surface area contributed by atoms with Gasteiger partial charge < -0.3 is 20.4 Å². The number of aromatic nitrogens is 8. The fraction of sp³-hybridized carbons (Fsp3) is 0.421. The Balaban J connectivity index is 0.000000135. The van der Waals surface area contributed by atoms with E-state index in [-0.39, 0.29) is 42.7 Å². The maximum Gasteiger partial charge on any atom is 2.00 e. The zero-order valence-electron chi connectivity index (χ0n) is 27.7. The standard InChI is InChI=1S/2C19H19N4.Pt/c2*1-18(2)12-8-9-19(18,3)16-14(12)15(22-23-16)17-20-10-11-6-4-5-7-13(11)21-17;/h2*4-7,10,12H,8-9H2,1-3H3;/q2*-1;+2. The fourth-order valence-corrected chi connectivity index (χ4v) is 9.48. The van der Waals surface area contributed by atoms with Crippen LogP contribution in [0.4, 0.5) is 0 Å². The topological polar surface area (TPSA) is 106 Å². The van der Waals surface area contributed by atoms with Gasteiger partial charge in [0.25, 0.3) is 0 Å². The van der Waals surface area contributed by atoms with Gasteiger partial charge in [0.1, 0.15) is 11.6 Å². The molecule has 0 aliphatic heterocycles. The molecule has 0 spiro atoms. The van der Waals surface area contributed by atoms with Gasteiger partial charge in [-0.25, -0.2) is 19.9 Å². The molecule has 0 N–H and O–H groups in total. The Hall–Kier alpha value is -3.77. The SMILES string of the molecule is CC12CCC(c3c1n[n-]c3-c1ncc3ccccc3n1)C2(C)C.CC12CCC(c3c1n[n-]c3-c1ncc3ccccc3n1)C2(C)C.[Pt+2]. The van der Waals surface area contributed by atoms with Gasteiger partial charge in [0.15, 0.2) is 0 Å². The van der Waals surface area contributed by atoms with Gasteiger partial charge in [-0.15, -0.1) is 0 Å². The molecule has 4 atom stereocenters. The Morgan fingerprint density at radius 1 is 0.596 bits per heavy atom. The molecule has 6 aromatic rings. The van der Waals surface area contributed by atoms with E-state index in [4.69, 9.17) is 9.97 Å². The molecule has 240 valence electrons.